The monoisotopic (exact) mass is 232 g/mol. The molecular formula is C14H20N2O. The van der Waals surface area contributed by atoms with Crippen molar-refractivity contribution in [2.75, 3.05) is 0 Å². The van der Waals surface area contributed by atoms with E-state index in [9.17, 15) is 4.79 Å². The number of carbonyl (C=O) groups is 1. The van der Waals surface area contributed by atoms with Crippen LogP contribution in [0.3, 0.4) is 0 Å². The van der Waals surface area contributed by atoms with E-state index in [1.807, 2.05) is 37.3 Å². The number of rotatable bonds is 7. The maximum absolute atomic E-state index is 11.5. The first-order chi connectivity index (χ1) is 8.08. The molecule has 0 fully saturated rings. The predicted molar refractivity (Wildman–Crippen MR) is 70.3 cm³/mol. The van der Waals surface area contributed by atoms with E-state index in [1.165, 1.54) is 0 Å². The zero-order valence-corrected chi connectivity index (χ0v) is 10.3. The Morgan fingerprint density at radius 1 is 1.47 bits per heavy atom. The third-order valence-corrected chi connectivity index (χ3v) is 2.92. The van der Waals surface area contributed by atoms with E-state index in [0.29, 0.717) is 13.0 Å². The molecule has 1 rings (SSSR count). The van der Waals surface area contributed by atoms with Crippen molar-refractivity contribution in [1.29, 1.82) is 0 Å². The molecule has 17 heavy (non-hydrogen) atoms. The van der Waals surface area contributed by atoms with Crippen molar-refractivity contribution in [3.63, 3.8) is 0 Å². The number of nitrogens with one attached hydrogen (secondary N) is 1. The predicted octanol–water partition coefficient (Wildman–Crippen LogP) is 1.99. The van der Waals surface area contributed by atoms with Crippen LogP contribution in [-0.4, -0.2) is 11.4 Å². The molecule has 0 saturated carbocycles. The summed E-state index contributed by atoms with van der Waals surface area (Å²) in [7, 11) is 0. The molecule has 92 valence electrons. The summed E-state index contributed by atoms with van der Waals surface area (Å²) in [5.74, 6) is -0.324. The van der Waals surface area contributed by atoms with Gasteiger partial charge in [-0.15, -0.1) is 6.58 Å². The van der Waals surface area contributed by atoms with Crippen molar-refractivity contribution in [3.8, 4) is 0 Å². The minimum absolute atomic E-state index is 0.324. The Labute approximate surface area is 103 Å². The fraction of sp³-hybridized carbons (Fsp3) is 0.357. The summed E-state index contributed by atoms with van der Waals surface area (Å²) in [6.45, 7) is 6.13. The molecule has 1 aromatic rings. The summed E-state index contributed by atoms with van der Waals surface area (Å²) in [5, 5.41) is 3.22. The van der Waals surface area contributed by atoms with Crippen LogP contribution in [0.1, 0.15) is 25.3 Å². The summed E-state index contributed by atoms with van der Waals surface area (Å²) >= 11 is 0. The number of hydrogen-bond acceptors (Lipinski definition) is 2. The Bertz CT molecular complexity index is 375. The summed E-state index contributed by atoms with van der Waals surface area (Å²) < 4.78 is 0. The van der Waals surface area contributed by atoms with Crippen molar-refractivity contribution in [2.45, 2.75) is 31.8 Å². The Kier molecular flexibility index (Phi) is 4.91. The Balaban J connectivity index is 2.61. The molecule has 3 nitrogen and oxygen atoms in total. The van der Waals surface area contributed by atoms with E-state index in [1.54, 1.807) is 6.08 Å². The van der Waals surface area contributed by atoms with Crippen LogP contribution in [-0.2, 0) is 11.3 Å². The first kappa shape index (κ1) is 13.5. The van der Waals surface area contributed by atoms with Gasteiger partial charge in [-0.2, -0.15) is 0 Å². The van der Waals surface area contributed by atoms with Crippen LogP contribution >= 0.6 is 0 Å². The topological polar surface area (TPSA) is 55.1 Å². The van der Waals surface area contributed by atoms with E-state index in [4.69, 9.17) is 5.73 Å². The molecule has 0 bridgehead atoms. The number of allylic oxidation sites excluding steroid dienone is 1. The lowest BCUT2D eigenvalue weighted by Gasteiger charge is -2.27. The van der Waals surface area contributed by atoms with Gasteiger partial charge in [-0.05, 0) is 25.3 Å². The maximum atomic E-state index is 11.5. The van der Waals surface area contributed by atoms with Gasteiger partial charge in [-0.1, -0.05) is 36.4 Å². The van der Waals surface area contributed by atoms with Crippen molar-refractivity contribution in [3.05, 3.63) is 48.6 Å². The molecule has 3 N–H and O–H groups in total. The largest absolute Gasteiger partial charge is 0.368 e. The Morgan fingerprint density at radius 2 is 2.12 bits per heavy atom. The molecule has 1 unspecified atom stereocenters. The van der Waals surface area contributed by atoms with Gasteiger partial charge in [0.05, 0.1) is 5.54 Å². The first-order valence-electron chi connectivity index (χ1n) is 5.78. The molecule has 0 heterocycles. The molecule has 0 aromatic heterocycles. The van der Waals surface area contributed by atoms with E-state index in [2.05, 4.69) is 11.9 Å². The molecule has 1 aromatic carbocycles. The van der Waals surface area contributed by atoms with E-state index in [0.717, 1.165) is 12.0 Å². The highest BCUT2D eigenvalue weighted by molar-refractivity contribution is 5.84. The second-order valence-corrected chi connectivity index (χ2v) is 4.36. The number of carbonyl (C=O) groups excluding carboxylic acids is 1. The molecule has 0 spiro atoms. The van der Waals surface area contributed by atoms with Crippen LogP contribution in [0.2, 0.25) is 0 Å². The van der Waals surface area contributed by atoms with Gasteiger partial charge in [-0.3, -0.25) is 10.1 Å². The molecule has 3 heteroatoms. The van der Waals surface area contributed by atoms with Crippen molar-refractivity contribution < 1.29 is 4.79 Å². The van der Waals surface area contributed by atoms with Crippen LogP contribution in [0.15, 0.2) is 43.0 Å². The molecule has 0 saturated heterocycles. The normalized spacial score (nSPS) is 13.9. The number of benzene rings is 1. The molecule has 0 radical (unpaired) electrons. The molecule has 1 atom stereocenters. The van der Waals surface area contributed by atoms with Crippen LogP contribution < -0.4 is 11.1 Å². The maximum Gasteiger partial charge on any atom is 0.237 e. The number of nitrogens with two attached hydrogens (primary N) is 1. The number of primary amides is 1. The van der Waals surface area contributed by atoms with E-state index in [-0.39, 0.29) is 5.91 Å². The van der Waals surface area contributed by atoms with Gasteiger partial charge in [0.15, 0.2) is 0 Å². The Hall–Kier alpha value is -1.61. The van der Waals surface area contributed by atoms with Crippen LogP contribution in [0.5, 0.6) is 0 Å². The van der Waals surface area contributed by atoms with Crippen molar-refractivity contribution in [1.82, 2.24) is 5.32 Å². The minimum atomic E-state index is -0.677. The van der Waals surface area contributed by atoms with E-state index < -0.39 is 5.54 Å². The third kappa shape index (κ3) is 4.04. The second-order valence-electron chi connectivity index (χ2n) is 4.36. The summed E-state index contributed by atoms with van der Waals surface area (Å²) in [5.41, 5.74) is 5.90. The first-order valence-corrected chi connectivity index (χ1v) is 5.78. The zero-order chi connectivity index (χ0) is 12.7. The van der Waals surface area contributed by atoms with E-state index >= 15 is 0 Å². The van der Waals surface area contributed by atoms with Crippen LogP contribution in [0, 0.1) is 0 Å². The molecule has 0 aliphatic carbocycles. The van der Waals surface area contributed by atoms with Gasteiger partial charge in [-0.25, -0.2) is 0 Å². The van der Waals surface area contributed by atoms with Gasteiger partial charge >= 0.3 is 0 Å². The lowest BCUT2D eigenvalue weighted by Crippen LogP contribution is -2.52. The molecule has 1 amide bonds. The molecule has 0 aliphatic rings. The average molecular weight is 232 g/mol. The standard InChI is InChI=1S/C14H20N2O/c1-3-4-10-14(2,13(15)17)16-11-12-8-6-5-7-9-12/h3,5-9,16H,1,4,10-11H2,2H3,(H2,15,17). The lowest BCUT2D eigenvalue weighted by atomic mass is 9.94. The SMILES string of the molecule is C=CCCC(C)(NCc1ccccc1)C(N)=O. The average Bonchev–Trinajstić information content (AvgIpc) is 2.35. The fourth-order valence-corrected chi connectivity index (χ4v) is 1.58. The second kappa shape index (κ2) is 6.21. The smallest absolute Gasteiger partial charge is 0.237 e. The zero-order valence-electron chi connectivity index (χ0n) is 10.3. The minimum Gasteiger partial charge on any atom is -0.368 e. The third-order valence-electron chi connectivity index (χ3n) is 2.92. The number of hydrogen-bond donors (Lipinski definition) is 2. The summed E-state index contributed by atoms with van der Waals surface area (Å²) in [4.78, 5) is 11.5. The fourth-order valence-electron chi connectivity index (χ4n) is 1.58. The molecular weight excluding hydrogens is 212 g/mol. The van der Waals surface area contributed by atoms with Crippen LogP contribution in [0.25, 0.3) is 0 Å². The van der Waals surface area contributed by atoms with Gasteiger partial charge < -0.3 is 5.73 Å². The quantitative estimate of drug-likeness (QED) is 0.706. The van der Waals surface area contributed by atoms with Gasteiger partial charge in [0.1, 0.15) is 0 Å². The summed E-state index contributed by atoms with van der Waals surface area (Å²) in [6.07, 6.45) is 3.23. The highest BCUT2D eigenvalue weighted by Crippen LogP contribution is 2.13. The van der Waals surface area contributed by atoms with Gasteiger partial charge in [0.2, 0.25) is 5.91 Å². The highest BCUT2D eigenvalue weighted by atomic mass is 16.1. The van der Waals surface area contributed by atoms with Gasteiger partial charge in [0.25, 0.3) is 0 Å². The molecule has 0 aliphatic heterocycles. The summed E-state index contributed by atoms with van der Waals surface area (Å²) in [6, 6.07) is 9.95. The van der Waals surface area contributed by atoms with Crippen molar-refractivity contribution in [2.24, 2.45) is 5.73 Å². The highest BCUT2D eigenvalue weighted by Gasteiger charge is 2.29. The van der Waals surface area contributed by atoms with Gasteiger partial charge in [0, 0.05) is 6.54 Å². The lowest BCUT2D eigenvalue weighted by molar-refractivity contribution is -0.124. The van der Waals surface area contributed by atoms with Crippen LogP contribution in [0.4, 0.5) is 0 Å². The van der Waals surface area contributed by atoms with Crippen molar-refractivity contribution >= 4 is 5.91 Å². The number of amides is 1. The Morgan fingerprint density at radius 3 is 2.65 bits per heavy atom.